The summed E-state index contributed by atoms with van der Waals surface area (Å²) in [6.45, 7) is 0. The minimum atomic E-state index is -5.36. The Balaban J connectivity index is -0.000000135. The third-order valence-electron chi connectivity index (χ3n) is 0.625. The first kappa shape index (κ1) is 14.2. The molecule has 0 radical (unpaired) electrons. The van der Waals surface area contributed by atoms with Crippen LogP contribution in [-0.2, 0) is 4.79 Å². The third-order valence-corrected chi connectivity index (χ3v) is 1.70. The van der Waals surface area contributed by atoms with Gasteiger partial charge in [-0.05, 0) is 22.6 Å². The Labute approximate surface area is 91.6 Å². The van der Waals surface area contributed by atoms with Gasteiger partial charge in [0.05, 0.1) is 0 Å². The SMILES string of the molecule is O=C(O)C(F)(I)C(F)(F)F.[H-].[H-].[Mg+2]. The zero-order chi connectivity index (χ0) is 8.58. The molecule has 8 heteroatoms. The van der Waals surface area contributed by atoms with Crippen LogP contribution in [0.15, 0.2) is 0 Å². The summed E-state index contributed by atoms with van der Waals surface area (Å²) in [6, 6.07) is 0. The zero-order valence-corrected chi connectivity index (χ0v) is 8.52. The molecule has 1 atom stereocenters. The molecule has 11 heavy (non-hydrogen) atoms. The standard InChI is InChI=1S/C3HF4IO2.Mg.2H/c4-2(8,1(9)10)3(5,6)7;;;/h(H,9,10);;;/q;+2;2*-1. The van der Waals surface area contributed by atoms with Crippen LogP contribution in [0.25, 0.3) is 0 Å². The number of carbonyl (C=O) groups is 1. The van der Waals surface area contributed by atoms with Gasteiger partial charge in [-0.2, -0.15) is 13.2 Å². The second-order valence-corrected chi connectivity index (χ2v) is 2.86. The van der Waals surface area contributed by atoms with Gasteiger partial charge in [-0.3, -0.25) is 0 Å². The topological polar surface area (TPSA) is 37.3 Å². The fourth-order valence-electron chi connectivity index (χ4n) is 0.121. The van der Waals surface area contributed by atoms with Gasteiger partial charge in [-0.1, -0.05) is 0 Å². The Kier molecular flexibility index (Phi) is 5.27. The van der Waals surface area contributed by atoms with Crippen LogP contribution in [0.3, 0.4) is 0 Å². The summed E-state index contributed by atoms with van der Waals surface area (Å²) >= 11 is 0.181. The van der Waals surface area contributed by atoms with Crippen molar-refractivity contribution in [3.8, 4) is 0 Å². The van der Waals surface area contributed by atoms with Crippen molar-refractivity contribution in [3.63, 3.8) is 0 Å². The minimum absolute atomic E-state index is 0. The van der Waals surface area contributed by atoms with Crippen molar-refractivity contribution in [2.75, 3.05) is 0 Å². The van der Waals surface area contributed by atoms with Crippen LogP contribution in [0.4, 0.5) is 17.6 Å². The Morgan fingerprint density at radius 2 is 1.64 bits per heavy atom. The Morgan fingerprint density at radius 3 is 1.64 bits per heavy atom. The molecule has 1 unspecified atom stereocenters. The summed E-state index contributed by atoms with van der Waals surface area (Å²) < 4.78 is 41.8. The van der Waals surface area contributed by atoms with Crippen molar-refractivity contribution >= 4 is 51.6 Å². The van der Waals surface area contributed by atoms with Crippen molar-refractivity contribution in [1.29, 1.82) is 0 Å². The summed E-state index contributed by atoms with van der Waals surface area (Å²) in [5.41, 5.74) is 0. The first-order valence-electron chi connectivity index (χ1n) is 1.87. The molecule has 0 aliphatic rings. The predicted octanol–water partition coefficient (Wildman–Crippen LogP) is 1.58. The summed E-state index contributed by atoms with van der Waals surface area (Å²) in [4.78, 5) is 9.57. The number of carboxylic acid groups (broad SMARTS) is 1. The molecule has 0 saturated carbocycles. The molecule has 1 N–H and O–H groups in total. The van der Waals surface area contributed by atoms with Gasteiger partial charge < -0.3 is 7.96 Å². The van der Waals surface area contributed by atoms with Gasteiger partial charge in [0.15, 0.2) is 0 Å². The van der Waals surface area contributed by atoms with Crippen molar-refractivity contribution in [3.05, 3.63) is 0 Å². The second-order valence-electron chi connectivity index (χ2n) is 1.38. The molecule has 0 aromatic carbocycles. The number of carboxylic acids is 1. The van der Waals surface area contributed by atoms with E-state index in [1.807, 2.05) is 0 Å². The van der Waals surface area contributed by atoms with Crippen LogP contribution in [0, 0.1) is 0 Å². The molecular formula is C3H3F4IMgO2. The first-order chi connectivity index (χ1) is 4.19. The number of rotatable bonds is 1. The van der Waals surface area contributed by atoms with Crippen LogP contribution < -0.4 is 0 Å². The van der Waals surface area contributed by atoms with Crippen molar-refractivity contribution in [1.82, 2.24) is 0 Å². The molecule has 0 bridgehead atoms. The normalized spacial score (nSPS) is 16.5. The van der Waals surface area contributed by atoms with Gasteiger partial charge in [0.2, 0.25) is 0 Å². The van der Waals surface area contributed by atoms with Gasteiger partial charge in [0.1, 0.15) is 0 Å². The molecule has 0 rings (SSSR count). The predicted molar refractivity (Wildman–Crippen MR) is 39.5 cm³/mol. The van der Waals surface area contributed by atoms with E-state index in [9.17, 15) is 22.4 Å². The Hall–Kier alpha value is 0.686. The van der Waals surface area contributed by atoms with E-state index in [2.05, 4.69) is 0 Å². The summed E-state index contributed by atoms with van der Waals surface area (Å²) in [5.74, 6) is -2.54. The fraction of sp³-hybridized carbons (Fsp3) is 0.667. The largest absolute Gasteiger partial charge is 2.00 e. The molecule has 0 fully saturated rings. The molecule has 0 amide bonds. The van der Waals surface area contributed by atoms with Gasteiger partial charge in [-0.25, -0.2) is 9.18 Å². The number of halogens is 5. The van der Waals surface area contributed by atoms with Crippen LogP contribution in [0.5, 0.6) is 0 Å². The maximum atomic E-state index is 12.0. The molecular weight excluding hydrogens is 295 g/mol. The molecule has 64 valence electrons. The van der Waals surface area contributed by atoms with E-state index in [1.165, 1.54) is 0 Å². The van der Waals surface area contributed by atoms with Crippen LogP contribution in [0.1, 0.15) is 2.85 Å². The molecule has 0 aliphatic heterocycles. The van der Waals surface area contributed by atoms with E-state index in [4.69, 9.17) is 5.11 Å². The van der Waals surface area contributed by atoms with Crippen molar-refractivity contribution < 1.29 is 30.3 Å². The fourth-order valence-corrected chi connectivity index (χ4v) is 0.121. The van der Waals surface area contributed by atoms with Gasteiger partial charge in [-0.15, -0.1) is 0 Å². The van der Waals surface area contributed by atoms with Gasteiger partial charge >= 0.3 is 38.9 Å². The average Bonchev–Trinajstić information content (AvgIpc) is 1.62. The molecule has 0 spiro atoms. The zero-order valence-electron chi connectivity index (χ0n) is 6.95. The van der Waals surface area contributed by atoms with E-state index in [-0.39, 0.29) is 48.5 Å². The smallest absolute Gasteiger partial charge is 1.00 e. The molecule has 2 nitrogen and oxygen atoms in total. The number of alkyl halides is 5. The number of hydrogen-bond donors (Lipinski definition) is 1. The molecule has 0 aliphatic carbocycles. The maximum absolute atomic E-state index is 12.0. The second kappa shape index (κ2) is 4.07. The Morgan fingerprint density at radius 1 is 1.36 bits per heavy atom. The van der Waals surface area contributed by atoms with Gasteiger partial charge in [0.25, 0.3) is 0 Å². The monoisotopic (exact) mass is 298 g/mol. The minimum Gasteiger partial charge on any atom is -1.00 e. The quantitative estimate of drug-likeness (QED) is 0.345. The summed E-state index contributed by atoms with van der Waals surface area (Å²) in [5, 5.41) is 7.67. The van der Waals surface area contributed by atoms with E-state index >= 15 is 0 Å². The van der Waals surface area contributed by atoms with Crippen LogP contribution in [-0.4, -0.2) is 44.0 Å². The van der Waals surface area contributed by atoms with E-state index < -0.39 is 15.8 Å². The number of hydrogen-bond acceptors (Lipinski definition) is 1. The Bertz CT molecular complexity index is 164. The van der Waals surface area contributed by atoms with Crippen molar-refractivity contribution in [2.45, 2.75) is 9.85 Å². The average molecular weight is 298 g/mol. The molecule has 0 aromatic heterocycles. The van der Waals surface area contributed by atoms with Gasteiger partial charge in [0, 0.05) is 0 Å². The maximum Gasteiger partial charge on any atom is 2.00 e. The first-order valence-corrected chi connectivity index (χ1v) is 2.95. The molecule has 0 saturated heterocycles. The van der Waals surface area contributed by atoms with E-state index in [1.54, 1.807) is 0 Å². The van der Waals surface area contributed by atoms with E-state index in [0.717, 1.165) is 0 Å². The summed E-state index contributed by atoms with van der Waals surface area (Å²) in [7, 11) is 0. The van der Waals surface area contributed by atoms with Crippen LogP contribution >= 0.6 is 22.6 Å². The molecule has 0 heterocycles. The van der Waals surface area contributed by atoms with E-state index in [0.29, 0.717) is 0 Å². The number of aliphatic carboxylic acids is 1. The summed E-state index contributed by atoms with van der Waals surface area (Å²) in [6.07, 6.45) is -5.36. The van der Waals surface area contributed by atoms with Crippen LogP contribution in [0.2, 0.25) is 0 Å². The van der Waals surface area contributed by atoms with Crippen molar-refractivity contribution in [2.24, 2.45) is 0 Å². The third kappa shape index (κ3) is 3.28. The molecule has 0 aromatic rings.